The van der Waals surface area contributed by atoms with Gasteiger partial charge in [0.05, 0.1) is 0 Å². The fraction of sp³-hybridized carbons (Fsp3) is 0.0588. The van der Waals surface area contributed by atoms with Crippen molar-refractivity contribution in [1.29, 1.82) is 0 Å². The van der Waals surface area contributed by atoms with E-state index >= 15 is 0 Å². The van der Waals surface area contributed by atoms with Crippen LogP contribution < -0.4 is 11.1 Å². The lowest BCUT2D eigenvalue weighted by Crippen LogP contribution is -2.21. The second-order valence-electron chi connectivity index (χ2n) is 5.16. The number of esters is 1. The van der Waals surface area contributed by atoms with Crippen LogP contribution in [0.3, 0.4) is 0 Å². The summed E-state index contributed by atoms with van der Waals surface area (Å²) in [4.78, 5) is 38.9. The molecule has 0 saturated carbocycles. The summed E-state index contributed by atoms with van der Waals surface area (Å²) in [6, 6.07) is 11.4. The van der Waals surface area contributed by atoms with Crippen LogP contribution >= 0.6 is 0 Å². The number of primary amides is 1. The van der Waals surface area contributed by atoms with E-state index in [1.54, 1.807) is 28.8 Å². The van der Waals surface area contributed by atoms with Crippen LogP contribution in [0.4, 0.5) is 5.69 Å². The summed E-state index contributed by atoms with van der Waals surface area (Å²) in [6.07, 6.45) is 3.28. The first kappa shape index (κ1) is 16.2. The summed E-state index contributed by atoms with van der Waals surface area (Å²) in [5.74, 6) is -1.76. The number of benzene rings is 1. The van der Waals surface area contributed by atoms with Crippen LogP contribution in [0.2, 0.25) is 0 Å². The number of hydrogen-bond acceptors (Lipinski definition) is 5. The molecule has 3 rings (SSSR count). The smallest absolute Gasteiger partial charge is 0.359 e. The molecule has 0 fully saturated rings. The van der Waals surface area contributed by atoms with Gasteiger partial charge in [0, 0.05) is 23.6 Å². The Bertz CT molecular complexity index is 914. The van der Waals surface area contributed by atoms with Crippen LogP contribution in [0.5, 0.6) is 0 Å². The van der Waals surface area contributed by atoms with E-state index in [0.29, 0.717) is 16.9 Å². The zero-order chi connectivity index (χ0) is 17.8. The van der Waals surface area contributed by atoms with E-state index in [1.807, 2.05) is 0 Å². The van der Waals surface area contributed by atoms with Crippen LogP contribution in [-0.4, -0.2) is 33.8 Å². The van der Waals surface area contributed by atoms with Crippen molar-refractivity contribution in [2.45, 2.75) is 0 Å². The average molecular weight is 338 g/mol. The van der Waals surface area contributed by atoms with Gasteiger partial charge in [0.15, 0.2) is 12.3 Å². The molecular formula is C17H14N4O4. The second kappa shape index (κ2) is 6.83. The van der Waals surface area contributed by atoms with Crippen molar-refractivity contribution < 1.29 is 19.1 Å². The number of carbonyl (C=O) groups is 3. The molecule has 0 unspecified atom stereocenters. The molecule has 0 aliphatic rings. The van der Waals surface area contributed by atoms with Crippen LogP contribution in [0.25, 0.3) is 5.65 Å². The standard InChI is InChI=1S/C17H14N4O4/c18-16(23)11-4-6-12(7-5-11)19-15(22)10-25-17(24)13-9-21-8-2-1-3-14(21)20-13/h1-9H,10H2,(H2,18,23)(H,19,22). The van der Waals surface area contributed by atoms with Gasteiger partial charge in [-0.3, -0.25) is 9.59 Å². The molecule has 0 atom stereocenters. The Kier molecular flexibility index (Phi) is 4.42. The van der Waals surface area contributed by atoms with Crippen LogP contribution in [-0.2, 0) is 9.53 Å². The molecule has 2 heterocycles. The Morgan fingerprint density at radius 1 is 1.12 bits per heavy atom. The van der Waals surface area contributed by atoms with Crippen molar-refractivity contribution in [3.8, 4) is 0 Å². The SMILES string of the molecule is NC(=O)c1ccc(NC(=O)COC(=O)c2cn3ccccc3n2)cc1. The van der Waals surface area contributed by atoms with Gasteiger partial charge in [-0.1, -0.05) is 6.07 Å². The maximum atomic E-state index is 12.0. The lowest BCUT2D eigenvalue weighted by Gasteiger charge is -2.06. The van der Waals surface area contributed by atoms with Gasteiger partial charge in [-0.15, -0.1) is 0 Å². The number of hydrogen-bond donors (Lipinski definition) is 2. The highest BCUT2D eigenvalue weighted by molar-refractivity contribution is 5.96. The Balaban J connectivity index is 1.56. The zero-order valence-electron chi connectivity index (χ0n) is 13.0. The normalized spacial score (nSPS) is 10.4. The van der Waals surface area contributed by atoms with E-state index < -0.39 is 24.4 Å². The molecule has 8 nitrogen and oxygen atoms in total. The first-order valence-corrected chi connectivity index (χ1v) is 7.33. The fourth-order valence-electron chi connectivity index (χ4n) is 2.15. The van der Waals surface area contributed by atoms with Gasteiger partial charge >= 0.3 is 5.97 Å². The van der Waals surface area contributed by atoms with Crippen LogP contribution in [0.1, 0.15) is 20.8 Å². The van der Waals surface area contributed by atoms with E-state index in [9.17, 15) is 14.4 Å². The van der Waals surface area contributed by atoms with Crippen molar-refractivity contribution in [2.24, 2.45) is 5.73 Å². The molecule has 2 aromatic heterocycles. The summed E-state index contributed by atoms with van der Waals surface area (Å²) in [6.45, 7) is -0.454. The van der Waals surface area contributed by atoms with Gasteiger partial charge in [0.25, 0.3) is 5.91 Å². The molecule has 126 valence electrons. The van der Waals surface area contributed by atoms with Crippen molar-refractivity contribution in [3.63, 3.8) is 0 Å². The maximum absolute atomic E-state index is 12.0. The molecule has 0 bridgehead atoms. The first-order chi connectivity index (χ1) is 12.0. The van der Waals surface area contributed by atoms with E-state index in [2.05, 4.69) is 10.3 Å². The number of anilines is 1. The quantitative estimate of drug-likeness (QED) is 0.679. The largest absolute Gasteiger partial charge is 0.451 e. The maximum Gasteiger partial charge on any atom is 0.359 e. The summed E-state index contributed by atoms with van der Waals surface area (Å²) in [5.41, 5.74) is 6.65. The number of ether oxygens (including phenoxy) is 1. The number of imidazole rings is 1. The minimum Gasteiger partial charge on any atom is -0.451 e. The zero-order valence-corrected chi connectivity index (χ0v) is 13.0. The third-order valence-corrected chi connectivity index (χ3v) is 3.36. The molecule has 0 aliphatic carbocycles. The van der Waals surface area contributed by atoms with Gasteiger partial charge < -0.3 is 20.2 Å². The molecule has 0 spiro atoms. The Labute approximate surface area is 142 Å². The number of nitrogens with one attached hydrogen (secondary N) is 1. The highest BCUT2D eigenvalue weighted by Gasteiger charge is 2.14. The predicted molar refractivity (Wildman–Crippen MR) is 89.1 cm³/mol. The molecule has 0 saturated heterocycles. The van der Waals surface area contributed by atoms with Gasteiger partial charge in [0.2, 0.25) is 5.91 Å². The Morgan fingerprint density at radius 3 is 2.56 bits per heavy atom. The first-order valence-electron chi connectivity index (χ1n) is 7.33. The monoisotopic (exact) mass is 338 g/mol. The highest BCUT2D eigenvalue weighted by atomic mass is 16.5. The van der Waals surface area contributed by atoms with Crippen LogP contribution in [0.15, 0.2) is 54.9 Å². The third-order valence-electron chi connectivity index (χ3n) is 3.36. The molecule has 0 aliphatic heterocycles. The van der Waals surface area contributed by atoms with Gasteiger partial charge in [0.1, 0.15) is 5.65 Å². The third kappa shape index (κ3) is 3.81. The van der Waals surface area contributed by atoms with Crippen LogP contribution in [0, 0.1) is 0 Å². The number of pyridine rings is 1. The predicted octanol–water partition coefficient (Wildman–Crippen LogP) is 1.23. The number of fused-ring (bicyclic) bond motifs is 1. The summed E-state index contributed by atoms with van der Waals surface area (Å²) in [5, 5.41) is 2.55. The lowest BCUT2D eigenvalue weighted by molar-refractivity contribution is -0.119. The van der Waals surface area contributed by atoms with Gasteiger partial charge in [-0.2, -0.15) is 0 Å². The Hall–Kier alpha value is -3.68. The average Bonchev–Trinajstić information content (AvgIpc) is 3.04. The van der Waals surface area contributed by atoms with E-state index in [4.69, 9.17) is 10.5 Å². The number of nitrogens with zero attached hydrogens (tertiary/aromatic N) is 2. The molecule has 3 N–H and O–H groups in total. The Morgan fingerprint density at radius 2 is 1.88 bits per heavy atom. The number of carbonyl (C=O) groups excluding carboxylic acids is 3. The van der Waals surface area contributed by atoms with E-state index in [0.717, 1.165) is 0 Å². The summed E-state index contributed by atoms with van der Waals surface area (Å²) < 4.78 is 6.63. The fourth-order valence-corrected chi connectivity index (χ4v) is 2.15. The van der Waals surface area contributed by atoms with Crippen molar-refractivity contribution in [2.75, 3.05) is 11.9 Å². The number of rotatable bonds is 5. The number of amides is 2. The molecule has 25 heavy (non-hydrogen) atoms. The minimum atomic E-state index is -0.692. The van der Waals surface area contributed by atoms with Gasteiger partial charge in [-0.25, -0.2) is 9.78 Å². The molecule has 3 aromatic rings. The summed E-state index contributed by atoms with van der Waals surface area (Å²) in [7, 11) is 0. The second-order valence-corrected chi connectivity index (χ2v) is 5.16. The molecule has 0 radical (unpaired) electrons. The number of nitrogens with two attached hydrogens (primary N) is 1. The molecule has 8 heteroatoms. The van der Waals surface area contributed by atoms with E-state index in [-0.39, 0.29) is 5.69 Å². The van der Waals surface area contributed by atoms with Crippen molar-refractivity contribution in [3.05, 3.63) is 66.1 Å². The summed E-state index contributed by atoms with van der Waals surface area (Å²) >= 11 is 0. The van der Waals surface area contributed by atoms with Crippen molar-refractivity contribution in [1.82, 2.24) is 9.38 Å². The highest BCUT2D eigenvalue weighted by Crippen LogP contribution is 2.09. The lowest BCUT2D eigenvalue weighted by atomic mass is 10.2. The van der Waals surface area contributed by atoms with Gasteiger partial charge in [-0.05, 0) is 36.4 Å². The van der Waals surface area contributed by atoms with E-state index in [1.165, 1.54) is 30.5 Å². The molecule has 1 aromatic carbocycles. The van der Waals surface area contributed by atoms with Crippen molar-refractivity contribution >= 4 is 29.1 Å². The molecular weight excluding hydrogens is 324 g/mol. The molecule has 2 amide bonds. The number of aromatic nitrogens is 2. The minimum absolute atomic E-state index is 0.116. The topological polar surface area (TPSA) is 116 Å².